The number of rotatable bonds is 6. The number of aryl methyl sites for hydroxylation is 1. The van der Waals surface area contributed by atoms with Gasteiger partial charge in [0.05, 0.1) is 12.6 Å². The van der Waals surface area contributed by atoms with Crippen molar-refractivity contribution in [1.29, 1.82) is 0 Å². The Morgan fingerprint density at radius 1 is 1.28 bits per heavy atom. The molecule has 5 nitrogen and oxygen atoms in total. The second-order valence-corrected chi connectivity index (χ2v) is 7.15. The molecule has 1 saturated heterocycles. The molecule has 5 heteroatoms. The van der Waals surface area contributed by atoms with Crippen LogP contribution in [0, 0.1) is 5.92 Å². The standard InChI is InChI=1S/C20H28N4O/c1-16-8-11-24(12-9-16)15-20(25)22-18(17-6-4-3-5-7-17)14-19-21-10-13-23(19)2/h3-7,10,13,16,18H,8-9,11-12,14-15H2,1-2H3,(H,22,25). The zero-order chi connectivity index (χ0) is 17.6. The second kappa shape index (κ2) is 8.30. The van der Waals surface area contributed by atoms with Crippen molar-refractivity contribution >= 4 is 5.91 Å². The van der Waals surface area contributed by atoms with Crippen LogP contribution in [-0.2, 0) is 18.3 Å². The van der Waals surface area contributed by atoms with Crippen LogP contribution < -0.4 is 5.32 Å². The fourth-order valence-corrected chi connectivity index (χ4v) is 3.38. The highest BCUT2D eigenvalue weighted by atomic mass is 16.2. The molecule has 2 aromatic rings. The van der Waals surface area contributed by atoms with E-state index in [0.717, 1.165) is 30.4 Å². The van der Waals surface area contributed by atoms with Crippen molar-refractivity contribution in [2.24, 2.45) is 13.0 Å². The summed E-state index contributed by atoms with van der Waals surface area (Å²) in [6, 6.07) is 10.1. The summed E-state index contributed by atoms with van der Waals surface area (Å²) in [5.41, 5.74) is 1.12. The molecule has 1 aliphatic rings. The maximum atomic E-state index is 12.6. The highest BCUT2D eigenvalue weighted by molar-refractivity contribution is 5.78. The zero-order valence-electron chi connectivity index (χ0n) is 15.2. The summed E-state index contributed by atoms with van der Waals surface area (Å²) < 4.78 is 2.01. The average Bonchev–Trinajstić information content (AvgIpc) is 3.02. The van der Waals surface area contributed by atoms with E-state index in [4.69, 9.17) is 0 Å². The third kappa shape index (κ3) is 4.92. The first-order valence-electron chi connectivity index (χ1n) is 9.14. The summed E-state index contributed by atoms with van der Waals surface area (Å²) in [6.07, 6.45) is 6.80. The number of nitrogens with one attached hydrogen (secondary N) is 1. The van der Waals surface area contributed by atoms with E-state index in [-0.39, 0.29) is 11.9 Å². The van der Waals surface area contributed by atoms with Crippen molar-refractivity contribution in [3.05, 3.63) is 54.1 Å². The monoisotopic (exact) mass is 340 g/mol. The summed E-state index contributed by atoms with van der Waals surface area (Å²) in [7, 11) is 1.99. The van der Waals surface area contributed by atoms with Gasteiger partial charge < -0.3 is 9.88 Å². The first kappa shape index (κ1) is 17.7. The van der Waals surface area contributed by atoms with Gasteiger partial charge in [0.1, 0.15) is 5.82 Å². The van der Waals surface area contributed by atoms with Gasteiger partial charge in [0.25, 0.3) is 0 Å². The van der Waals surface area contributed by atoms with E-state index in [9.17, 15) is 4.79 Å². The van der Waals surface area contributed by atoms with E-state index in [2.05, 4.69) is 34.3 Å². The third-order valence-corrected chi connectivity index (χ3v) is 5.09. The Labute approximate surface area is 150 Å². The number of carbonyl (C=O) groups excluding carboxylic acids is 1. The number of carbonyl (C=O) groups is 1. The molecule has 2 heterocycles. The summed E-state index contributed by atoms with van der Waals surface area (Å²) in [6.45, 7) is 4.81. The lowest BCUT2D eigenvalue weighted by Crippen LogP contribution is -2.42. The molecule has 1 aliphatic heterocycles. The smallest absolute Gasteiger partial charge is 0.234 e. The molecule has 1 unspecified atom stereocenters. The molecule has 1 N–H and O–H groups in total. The number of hydrogen-bond donors (Lipinski definition) is 1. The molecule has 1 amide bonds. The van der Waals surface area contributed by atoms with Gasteiger partial charge in [-0.1, -0.05) is 37.3 Å². The fraction of sp³-hybridized carbons (Fsp3) is 0.500. The van der Waals surface area contributed by atoms with Gasteiger partial charge in [0.15, 0.2) is 0 Å². The zero-order valence-corrected chi connectivity index (χ0v) is 15.2. The average molecular weight is 340 g/mol. The molecule has 3 rings (SSSR count). The summed E-state index contributed by atoms with van der Waals surface area (Å²) >= 11 is 0. The molecular formula is C20H28N4O. The minimum absolute atomic E-state index is 0.0569. The summed E-state index contributed by atoms with van der Waals surface area (Å²) in [5, 5.41) is 3.22. The maximum Gasteiger partial charge on any atom is 0.234 e. The van der Waals surface area contributed by atoms with Crippen molar-refractivity contribution in [3.8, 4) is 0 Å². The number of likely N-dealkylation sites (tertiary alicyclic amines) is 1. The molecular weight excluding hydrogens is 312 g/mol. The normalized spacial score (nSPS) is 17.4. The van der Waals surface area contributed by atoms with Crippen molar-refractivity contribution in [1.82, 2.24) is 19.8 Å². The summed E-state index contributed by atoms with van der Waals surface area (Å²) in [5.74, 6) is 1.85. The van der Waals surface area contributed by atoms with Crippen LogP contribution in [0.15, 0.2) is 42.7 Å². The van der Waals surface area contributed by atoms with E-state index >= 15 is 0 Å². The molecule has 1 atom stereocenters. The van der Waals surface area contributed by atoms with Crippen LogP contribution in [0.5, 0.6) is 0 Å². The number of piperidine rings is 1. The lowest BCUT2D eigenvalue weighted by atomic mass is 9.99. The van der Waals surface area contributed by atoms with Crippen LogP contribution in [0.3, 0.4) is 0 Å². The Hall–Kier alpha value is -2.14. The molecule has 0 bridgehead atoms. The van der Waals surface area contributed by atoms with Gasteiger partial charge in [-0.05, 0) is 37.4 Å². The van der Waals surface area contributed by atoms with Gasteiger partial charge in [0, 0.05) is 25.9 Å². The number of hydrogen-bond acceptors (Lipinski definition) is 3. The summed E-state index contributed by atoms with van der Waals surface area (Å²) in [4.78, 5) is 19.3. The predicted molar refractivity (Wildman–Crippen MR) is 99.1 cm³/mol. The van der Waals surface area contributed by atoms with Crippen LogP contribution >= 0.6 is 0 Å². The van der Waals surface area contributed by atoms with Gasteiger partial charge in [0.2, 0.25) is 5.91 Å². The number of nitrogens with zero attached hydrogens (tertiary/aromatic N) is 3. The van der Waals surface area contributed by atoms with Crippen LogP contribution in [0.4, 0.5) is 0 Å². The highest BCUT2D eigenvalue weighted by Crippen LogP contribution is 2.18. The van der Waals surface area contributed by atoms with E-state index in [1.54, 1.807) is 6.20 Å². The minimum Gasteiger partial charge on any atom is -0.348 e. The van der Waals surface area contributed by atoms with E-state index in [1.165, 1.54) is 12.8 Å². The highest BCUT2D eigenvalue weighted by Gasteiger charge is 2.21. The Bertz CT molecular complexity index is 674. The number of amides is 1. The van der Waals surface area contributed by atoms with Gasteiger partial charge in [-0.2, -0.15) is 0 Å². The Kier molecular flexibility index (Phi) is 5.87. The largest absolute Gasteiger partial charge is 0.348 e. The molecule has 0 radical (unpaired) electrons. The quantitative estimate of drug-likeness (QED) is 0.879. The first-order chi connectivity index (χ1) is 12.1. The lowest BCUT2D eigenvalue weighted by Gasteiger charge is -2.30. The van der Waals surface area contributed by atoms with E-state index < -0.39 is 0 Å². The molecule has 1 aromatic carbocycles. The molecule has 25 heavy (non-hydrogen) atoms. The van der Waals surface area contributed by atoms with Crippen molar-refractivity contribution in [3.63, 3.8) is 0 Å². The van der Waals surface area contributed by atoms with Gasteiger partial charge >= 0.3 is 0 Å². The lowest BCUT2D eigenvalue weighted by molar-refractivity contribution is -0.123. The second-order valence-electron chi connectivity index (χ2n) is 7.15. The van der Waals surface area contributed by atoms with Gasteiger partial charge in [-0.25, -0.2) is 4.98 Å². The predicted octanol–water partition coefficient (Wildman–Crippen LogP) is 2.55. The molecule has 1 fully saturated rings. The van der Waals surface area contributed by atoms with Gasteiger partial charge in [-0.3, -0.25) is 9.69 Å². The molecule has 0 saturated carbocycles. The van der Waals surface area contributed by atoms with Crippen molar-refractivity contribution in [2.75, 3.05) is 19.6 Å². The number of aromatic nitrogens is 2. The van der Waals surface area contributed by atoms with E-state index in [0.29, 0.717) is 13.0 Å². The number of benzene rings is 1. The fourth-order valence-electron chi connectivity index (χ4n) is 3.38. The Morgan fingerprint density at radius 2 is 2.00 bits per heavy atom. The minimum atomic E-state index is -0.0569. The Morgan fingerprint density at radius 3 is 2.64 bits per heavy atom. The van der Waals surface area contributed by atoms with Crippen molar-refractivity contribution in [2.45, 2.75) is 32.2 Å². The third-order valence-electron chi connectivity index (χ3n) is 5.09. The molecule has 0 spiro atoms. The number of imidazole rings is 1. The molecule has 1 aromatic heterocycles. The first-order valence-corrected chi connectivity index (χ1v) is 9.14. The molecule has 0 aliphatic carbocycles. The SMILES string of the molecule is CC1CCN(CC(=O)NC(Cc2nccn2C)c2ccccc2)CC1. The van der Waals surface area contributed by atoms with Crippen LogP contribution in [0.2, 0.25) is 0 Å². The van der Waals surface area contributed by atoms with Crippen LogP contribution in [0.25, 0.3) is 0 Å². The van der Waals surface area contributed by atoms with E-state index in [1.807, 2.05) is 36.0 Å². The maximum absolute atomic E-state index is 12.6. The molecule has 134 valence electrons. The van der Waals surface area contributed by atoms with Gasteiger partial charge in [-0.15, -0.1) is 0 Å². The topological polar surface area (TPSA) is 50.2 Å². The van der Waals surface area contributed by atoms with Crippen molar-refractivity contribution < 1.29 is 4.79 Å². The Balaban J connectivity index is 1.65. The van der Waals surface area contributed by atoms with Crippen LogP contribution in [-0.4, -0.2) is 40.0 Å². The van der Waals surface area contributed by atoms with Crippen LogP contribution in [0.1, 0.15) is 37.2 Å².